The molecular formula is C15H19N3O3S2. The molecule has 124 valence electrons. The number of aromatic nitrogens is 2. The lowest BCUT2D eigenvalue weighted by atomic mass is 10.1. The Labute approximate surface area is 143 Å². The van der Waals surface area contributed by atoms with Gasteiger partial charge >= 0.3 is 5.97 Å². The number of esters is 1. The van der Waals surface area contributed by atoms with Gasteiger partial charge in [0.1, 0.15) is 16.2 Å². The van der Waals surface area contributed by atoms with Crippen LogP contribution in [0.4, 0.5) is 0 Å². The second kappa shape index (κ2) is 7.27. The molecule has 6 nitrogen and oxygen atoms in total. The molecule has 0 spiro atoms. The number of thioether (sulfide) groups is 1. The van der Waals surface area contributed by atoms with Gasteiger partial charge in [-0.2, -0.15) is 0 Å². The van der Waals surface area contributed by atoms with E-state index >= 15 is 0 Å². The normalized spacial score (nSPS) is 12.9. The molecule has 8 heteroatoms. The van der Waals surface area contributed by atoms with Crippen LogP contribution >= 0.6 is 23.1 Å². The third-order valence-electron chi connectivity index (χ3n) is 2.73. The van der Waals surface area contributed by atoms with Crippen molar-refractivity contribution in [3.8, 4) is 0 Å². The first-order chi connectivity index (χ1) is 10.8. The van der Waals surface area contributed by atoms with Crippen molar-refractivity contribution in [1.82, 2.24) is 15.3 Å². The van der Waals surface area contributed by atoms with E-state index in [0.717, 1.165) is 15.2 Å². The molecule has 0 fully saturated rings. The van der Waals surface area contributed by atoms with E-state index in [9.17, 15) is 9.59 Å². The molecule has 0 aliphatic rings. The molecule has 1 amide bonds. The fourth-order valence-corrected chi connectivity index (χ4v) is 3.33. The highest BCUT2D eigenvalue weighted by Gasteiger charge is 2.22. The minimum absolute atomic E-state index is 0.0924. The van der Waals surface area contributed by atoms with Crippen LogP contribution in [0.2, 0.25) is 0 Å². The lowest BCUT2D eigenvalue weighted by Gasteiger charge is -2.23. The second-order valence-corrected chi connectivity index (χ2v) is 7.84. The van der Waals surface area contributed by atoms with E-state index in [2.05, 4.69) is 15.3 Å². The Morgan fingerprint density at radius 1 is 1.39 bits per heavy atom. The predicted molar refractivity (Wildman–Crippen MR) is 91.6 cm³/mol. The lowest BCUT2D eigenvalue weighted by molar-refractivity contribution is -0.152. The maximum Gasteiger partial charge on any atom is 0.317 e. The highest BCUT2D eigenvalue weighted by atomic mass is 32.2. The average Bonchev–Trinajstić information content (AvgIpc) is 2.92. The van der Waals surface area contributed by atoms with E-state index < -0.39 is 12.1 Å². The van der Waals surface area contributed by atoms with E-state index in [-0.39, 0.29) is 17.2 Å². The number of hydrogen-bond donors (Lipinski definition) is 1. The molecule has 1 N–H and O–H groups in total. The van der Waals surface area contributed by atoms with Crippen LogP contribution in [-0.4, -0.2) is 39.2 Å². The fourth-order valence-electron chi connectivity index (χ4n) is 1.77. The predicted octanol–water partition coefficient (Wildman–Crippen LogP) is 2.63. The fraction of sp³-hybridized carbons (Fsp3) is 0.467. The SMILES string of the molecule is C[C@@H](OC(=O)CSc1ncnc2sccc12)C(=O)NC(C)(C)C. The number of nitrogens with zero attached hydrogens (tertiary/aromatic N) is 2. The molecule has 2 heterocycles. The van der Waals surface area contributed by atoms with Gasteiger partial charge in [0.05, 0.1) is 5.75 Å². The van der Waals surface area contributed by atoms with Crippen LogP contribution in [-0.2, 0) is 14.3 Å². The van der Waals surface area contributed by atoms with Crippen molar-refractivity contribution in [2.24, 2.45) is 0 Å². The monoisotopic (exact) mass is 353 g/mol. The molecule has 2 aromatic heterocycles. The van der Waals surface area contributed by atoms with Crippen LogP contribution in [0.15, 0.2) is 22.8 Å². The third kappa shape index (κ3) is 5.18. The van der Waals surface area contributed by atoms with Crippen molar-refractivity contribution in [3.63, 3.8) is 0 Å². The first-order valence-corrected chi connectivity index (χ1v) is 8.95. The quantitative estimate of drug-likeness (QED) is 0.505. The number of ether oxygens (including phenoxy) is 1. The Hall–Kier alpha value is -1.67. The zero-order chi connectivity index (χ0) is 17.0. The molecule has 2 aromatic rings. The number of hydrogen-bond acceptors (Lipinski definition) is 7. The molecule has 0 saturated heterocycles. The van der Waals surface area contributed by atoms with Crippen LogP contribution in [0.5, 0.6) is 0 Å². The van der Waals surface area contributed by atoms with E-state index in [4.69, 9.17) is 4.74 Å². The lowest BCUT2D eigenvalue weighted by Crippen LogP contribution is -2.46. The third-order valence-corrected chi connectivity index (χ3v) is 4.53. The van der Waals surface area contributed by atoms with Crippen LogP contribution < -0.4 is 5.32 Å². The number of amides is 1. The van der Waals surface area contributed by atoms with Crippen LogP contribution in [0.1, 0.15) is 27.7 Å². The van der Waals surface area contributed by atoms with Gasteiger partial charge in [-0.3, -0.25) is 9.59 Å². The maximum atomic E-state index is 11.9. The number of carbonyl (C=O) groups is 2. The van der Waals surface area contributed by atoms with Gasteiger partial charge in [-0.15, -0.1) is 11.3 Å². The molecule has 0 aromatic carbocycles. The molecule has 0 aliphatic heterocycles. The van der Waals surface area contributed by atoms with Gasteiger partial charge in [-0.05, 0) is 39.1 Å². The maximum absolute atomic E-state index is 11.9. The van der Waals surface area contributed by atoms with Crippen LogP contribution in [0, 0.1) is 0 Å². The van der Waals surface area contributed by atoms with Crippen molar-refractivity contribution in [3.05, 3.63) is 17.8 Å². The van der Waals surface area contributed by atoms with Crippen molar-refractivity contribution in [2.45, 2.75) is 44.4 Å². The first-order valence-electron chi connectivity index (χ1n) is 7.09. The van der Waals surface area contributed by atoms with E-state index in [1.165, 1.54) is 29.4 Å². The van der Waals surface area contributed by atoms with Crippen molar-refractivity contribution in [1.29, 1.82) is 0 Å². The molecule has 0 unspecified atom stereocenters. The summed E-state index contributed by atoms with van der Waals surface area (Å²) < 4.78 is 5.16. The van der Waals surface area contributed by atoms with Gasteiger partial charge in [0, 0.05) is 10.9 Å². The van der Waals surface area contributed by atoms with E-state index in [1.807, 2.05) is 32.2 Å². The smallest absolute Gasteiger partial charge is 0.317 e. The molecule has 0 saturated carbocycles. The molecule has 2 rings (SSSR count). The first kappa shape index (κ1) is 17.7. The second-order valence-electron chi connectivity index (χ2n) is 5.98. The molecule has 1 atom stereocenters. The summed E-state index contributed by atoms with van der Waals surface area (Å²) in [6, 6.07) is 1.92. The van der Waals surface area contributed by atoms with E-state index in [1.54, 1.807) is 6.92 Å². The minimum Gasteiger partial charge on any atom is -0.452 e. The molecular weight excluding hydrogens is 334 g/mol. The number of thiophene rings is 1. The van der Waals surface area contributed by atoms with Crippen molar-refractivity contribution < 1.29 is 14.3 Å². The zero-order valence-corrected chi connectivity index (χ0v) is 15.1. The van der Waals surface area contributed by atoms with Crippen LogP contribution in [0.25, 0.3) is 10.2 Å². The average molecular weight is 353 g/mol. The standard InChI is InChI=1S/C15H19N3O3S2/c1-9(12(20)18-15(2,3)4)21-11(19)7-23-14-10-5-6-22-13(10)16-8-17-14/h5-6,8-9H,7H2,1-4H3,(H,18,20)/t9-/m1/s1. The molecule has 0 bridgehead atoms. The van der Waals surface area contributed by atoms with Crippen molar-refractivity contribution in [2.75, 3.05) is 5.75 Å². The summed E-state index contributed by atoms with van der Waals surface area (Å²) in [6.07, 6.45) is 0.653. The summed E-state index contributed by atoms with van der Waals surface area (Å²) in [4.78, 5) is 33.0. The summed E-state index contributed by atoms with van der Waals surface area (Å²) in [6.45, 7) is 7.18. The van der Waals surface area contributed by atoms with Crippen molar-refractivity contribution >= 4 is 45.2 Å². The van der Waals surface area contributed by atoms with Gasteiger partial charge in [-0.1, -0.05) is 11.8 Å². The van der Waals surface area contributed by atoms with Crippen LogP contribution in [0.3, 0.4) is 0 Å². The highest BCUT2D eigenvalue weighted by molar-refractivity contribution is 8.00. The van der Waals surface area contributed by atoms with Gasteiger partial charge in [0.25, 0.3) is 5.91 Å². The summed E-state index contributed by atoms with van der Waals surface area (Å²) in [7, 11) is 0. The highest BCUT2D eigenvalue weighted by Crippen LogP contribution is 2.27. The van der Waals surface area contributed by atoms with Gasteiger partial charge in [0.15, 0.2) is 6.10 Å². The Morgan fingerprint density at radius 2 is 2.13 bits per heavy atom. The Kier molecular flexibility index (Phi) is 5.59. The van der Waals surface area contributed by atoms with E-state index in [0.29, 0.717) is 0 Å². The number of fused-ring (bicyclic) bond motifs is 1. The van der Waals surface area contributed by atoms with Gasteiger partial charge in [0.2, 0.25) is 0 Å². The number of nitrogens with one attached hydrogen (secondary N) is 1. The van der Waals surface area contributed by atoms with Gasteiger partial charge in [-0.25, -0.2) is 9.97 Å². The number of carbonyl (C=O) groups excluding carboxylic acids is 2. The summed E-state index contributed by atoms with van der Waals surface area (Å²) in [5, 5.41) is 6.37. The largest absolute Gasteiger partial charge is 0.452 e. The Bertz CT molecular complexity index is 709. The molecule has 0 aliphatic carbocycles. The summed E-state index contributed by atoms with van der Waals surface area (Å²) >= 11 is 2.80. The summed E-state index contributed by atoms with van der Waals surface area (Å²) in [5.41, 5.74) is -0.363. The molecule has 0 radical (unpaired) electrons. The number of rotatable bonds is 5. The minimum atomic E-state index is -0.825. The Morgan fingerprint density at radius 3 is 2.83 bits per heavy atom. The van der Waals surface area contributed by atoms with Gasteiger partial charge < -0.3 is 10.1 Å². The zero-order valence-electron chi connectivity index (χ0n) is 13.5. The molecule has 23 heavy (non-hydrogen) atoms. The summed E-state index contributed by atoms with van der Waals surface area (Å²) in [5.74, 6) is -0.665. The Balaban J connectivity index is 1.88. The topological polar surface area (TPSA) is 81.2 Å².